The highest BCUT2D eigenvalue weighted by atomic mass is 32.2. The van der Waals surface area contributed by atoms with Gasteiger partial charge >= 0.3 is 5.97 Å². The summed E-state index contributed by atoms with van der Waals surface area (Å²) in [6.07, 6.45) is 1.02. The quantitative estimate of drug-likeness (QED) is 0.752. The van der Waals surface area contributed by atoms with Crippen molar-refractivity contribution in [2.45, 2.75) is 18.7 Å². The highest BCUT2D eigenvalue weighted by molar-refractivity contribution is 7.91. The van der Waals surface area contributed by atoms with Gasteiger partial charge in [0.1, 0.15) is 20.4 Å². The van der Waals surface area contributed by atoms with Gasteiger partial charge in [-0.25, -0.2) is 21.6 Å². The maximum Gasteiger partial charge on any atom is 0.352 e. The van der Waals surface area contributed by atoms with Crippen LogP contribution in [0.25, 0.3) is 0 Å². The molecule has 21 heavy (non-hydrogen) atoms. The number of H-pyrrole nitrogens is 1. The molecule has 2 N–H and O–H groups in total. The first-order valence-corrected chi connectivity index (χ1v) is 9.44. The third-order valence-electron chi connectivity index (χ3n) is 3.03. The van der Waals surface area contributed by atoms with Gasteiger partial charge in [-0.2, -0.15) is 4.31 Å². The predicted octanol–water partition coefficient (Wildman–Crippen LogP) is -0.00516. The molecule has 0 unspecified atom stereocenters. The van der Waals surface area contributed by atoms with Crippen molar-refractivity contribution in [2.24, 2.45) is 0 Å². The number of rotatable bonds is 6. The molecule has 0 saturated heterocycles. The van der Waals surface area contributed by atoms with Crippen molar-refractivity contribution in [2.75, 3.05) is 25.6 Å². The molecule has 0 aliphatic rings. The molecule has 0 saturated carbocycles. The molecule has 0 radical (unpaired) electrons. The van der Waals surface area contributed by atoms with E-state index in [1.165, 1.54) is 20.9 Å². The van der Waals surface area contributed by atoms with Crippen LogP contribution in [0.4, 0.5) is 0 Å². The van der Waals surface area contributed by atoms with E-state index in [4.69, 9.17) is 5.11 Å². The highest BCUT2D eigenvalue weighted by Gasteiger charge is 2.30. The molecular formula is C11H18N2O6S2. The molecule has 0 amide bonds. The fraction of sp³-hybridized carbons (Fsp3) is 0.545. The third kappa shape index (κ3) is 3.83. The Balaban J connectivity index is 3.23. The van der Waals surface area contributed by atoms with Gasteiger partial charge in [-0.05, 0) is 13.8 Å². The fourth-order valence-corrected chi connectivity index (χ4v) is 4.20. The molecule has 1 aromatic heterocycles. The molecule has 120 valence electrons. The van der Waals surface area contributed by atoms with Crippen molar-refractivity contribution in [3.05, 3.63) is 17.0 Å². The number of aromatic amines is 1. The number of carbonyl (C=O) groups is 1. The van der Waals surface area contributed by atoms with Crippen LogP contribution in [0, 0.1) is 13.8 Å². The average Bonchev–Trinajstić information content (AvgIpc) is 2.61. The van der Waals surface area contributed by atoms with Gasteiger partial charge < -0.3 is 10.1 Å². The van der Waals surface area contributed by atoms with Crippen molar-refractivity contribution >= 4 is 25.8 Å². The molecule has 0 bridgehead atoms. The Morgan fingerprint density at radius 3 is 2.14 bits per heavy atom. The second-order valence-corrected chi connectivity index (χ2v) is 9.08. The molecule has 1 heterocycles. The second-order valence-electron chi connectivity index (χ2n) is 4.84. The Kier molecular flexibility index (Phi) is 4.86. The monoisotopic (exact) mass is 338 g/mol. The average molecular weight is 338 g/mol. The van der Waals surface area contributed by atoms with E-state index in [-0.39, 0.29) is 34.1 Å². The van der Waals surface area contributed by atoms with Crippen LogP contribution in [0.2, 0.25) is 0 Å². The molecule has 0 aliphatic carbocycles. The van der Waals surface area contributed by atoms with Gasteiger partial charge in [-0.15, -0.1) is 0 Å². The number of hydrogen-bond acceptors (Lipinski definition) is 5. The normalized spacial score (nSPS) is 12.8. The van der Waals surface area contributed by atoms with Crippen molar-refractivity contribution in [3.8, 4) is 0 Å². The minimum absolute atomic E-state index is 0.103. The van der Waals surface area contributed by atoms with Gasteiger partial charge in [-0.1, -0.05) is 0 Å². The Morgan fingerprint density at radius 2 is 1.76 bits per heavy atom. The molecule has 8 nitrogen and oxygen atoms in total. The van der Waals surface area contributed by atoms with Crippen LogP contribution in [0.3, 0.4) is 0 Å². The van der Waals surface area contributed by atoms with Crippen LogP contribution < -0.4 is 0 Å². The van der Waals surface area contributed by atoms with Crippen LogP contribution in [0.5, 0.6) is 0 Å². The van der Waals surface area contributed by atoms with Crippen molar-refractivity contribution in [3.63, 3.8) is 0 Å². The van der Waals surface area contributed by atoms with E-state index in [9.17, 15) is 21.6 Å². The van der Waals surface area contributed by atoms with Gasteiger partial charge in [0.15, 0.2) is 0 Å². The summed E-state index contributed by atoms with van der Waals surface area (Å²) in [5.74, 6) is -1.56. The Hall–Kier alpha value is -1.39. The first-order chi connectivity index (χ1) is 9.38. The summed E-state index contributed by atoms with van der Waals surface area (Å²) in [7, 11) is -6.00. The number of sulfone groups is 1. The summed E-state index contributed by atoms with van der Waals surface area (Å²) in [5, 5.41) is 9.00. The number of hydrogen-bond donors (Lipinski definition) is 2. The Bertz CT molecular complexity index is 761. The fourth-order valence-electron chi connectivity index (χ4n) is 1.90. The van der Waals surface area contributed by atoms with Gasteiger partial charge in [0.25, 0.3) is 0 Å². The molecule has 0 atom stereocenters. The van der Waals surface area contributed by atoms with Crippen molar-refractivity contribution < 1.29 is 26.7 Å². The topological polar surface area (TPSA) is 125 Å². The number of aromatic nitrogens is 1. The summed E-state index contributed by atoms with van der Waals surface area (Å²) >= 11 is 0. The third-order valence-corrected chi connectivity index (χ3v) is 6.08. The summed E-state index contributed by atoms with van der Waals surface area (Å²) in [4.78, 5) is 13.4. The lowest BCUT2D eigenvalue weighted by molar-refractivity contribution is 0.0690. The van der Waals surface area contributed by atoms with E-state index in [2.05, 4.69) is 4.98 Å². The first-order valence-electron chi connectivity index (χ1n) is 5.94. The molecular weight excluding hydrogens is 320 g/mol. The van der Waals surface area contributed by atoms with E-state index in [0.29, 0.717) is 0 Å². The molecule has 1 aromatic rings. The molecule has 0 aromatic carbocycles. The molecule has 0 aliphatic heterocycles. The summed E-state index contributed by atoms with van der Waals surface area (Å²) in [6.45, 7) is 2.65. The van der Waals surface area contributed by atoms with E-state index >= 15 is 0 Å². The maximum absolute atomic E-state index is 12.4. The molecule has 1 rings (SSSR count). The molecule has 0 spiro atoms. The van der Waals surface area contributed by atoms with Gasteiger partial charge in [0, 0.05) is 31.1 Å². The van der Waals surface area contributed by atoms with Crippen LogP contribution in [-0.2, 0) is 19.9 Å². The zero-order valence-corrected chi connectivity index (χ0v) is 13.8. The summed E-state index contributed by atoms with van der Waals surface area (Å²) in [6, 6.07) is 0. The van der Waals surface area contributed by atoms with E-state index in [0.717, 1.165) is 10.6 Å². The molecule has 0 fully saturated rings. The van der Waals surface area contributed by atoms with Gasteiger partial charge in [0.2, 0.25) is 10.0 Å². The summed E-state index contributed by atoms with van der Waals surface area (Å²) < 4.78 is 48.0. The zero-order valence-electron chi connectivity index (χ0n) is 12.2. The number of nitrogens with one attached hydrogen (secondary N) is 1. The highest BCUT2D eigenvalue weighted by Crippen LogP contribution is 2.25. The standard InChI is InChI=1S/C11H18N2O6S2/c1-7-9(11(14)15)12-8(2)10(7)21(18,19)13(3)5-6-20(4,16)17/h12H,5-6H2,1-4H3,(H,14,15). The lowest BCUT2D eigenvalue weighted by Crippen LogP contribution is -2.32. The smallest absolute Gasteiger partial charge is 0.352 e. The number of carboxylic acids is 1. The molecule has 10 heteroatoms. The first kappa shape index (κ1) is 17.7. The Morgan fingerprint density at radius 1 is 1.24 bits per heavy atom. The van der Waals surface area contributed by atoms with Crippen LogP contribution in [0.15, 0.2) is 4.90 Å². The minimum atomic E-state index is -3.96. The lowest BCUT2D eigenvalue weighted by Gasteiger charge is -2.17. The van der Waals surface area contributed by atoms with E-state index in [1.54, 1.807) is 0 Å². The second kappa shape index (κ2) is 5.78. The summed E-state index contributed by atoms with van der Waals surface area (Å²) in [5.41, 5.74) is 0.116. The maximum atomic E-state index is 12.4. The minimum Gasteiger partial charge on any atom is -0.477 e. The van der Waals surface area contributed by atoms with Crippen LogP contribution in [-0.4, -0.2) is 62.8 Å². The number of aromatic carboxylic acids is 1. The lowest BCUT2D eigenvalue weighted by atomic mass is 10.2. The number of sulfonamides is 1. The predicted molar refractivity (Wildman–Crippen MR) is 76.8 cm³/mol. The van der Waals surface area contributed by atoms with Crippen molar-refractivity contribution in [1.29, 1.82) is 0 Å². The van der Waals surface area contributed by atoms with Crippen molar-refractivity contribution in [1.82, 2.24) is 9.29 Å². The number of aryl methyl sites for hydroxylation is 1. The van der Waals surface area contributed by atoms with Crippen LogP contribution in [0.1, 0.15) is 21.7 Å². The van der Waals surface area contributed by atoms with Crippen LogP contribution >= 0.6 is 0 Å². The number of nitrogens with zero attached hydrogens (tertiary/aromatic N) is 1. The zero-order chi connectivity index (χ0) is 16.6. The van der Waals surface area contributed by atoms with E-state index in [1.807, 2.05) is 0 Å². The van der Waals surface area contributed by atoms with Gasteiger partial charge in [0.05, 0.1) is 5.75 Å². The SMILES string of the molecule is Cc1[nH]c(C(=O)O)c(C)c1S(=O)(=O)N(C)CCS(C)(=O)=O. The van der Waals surface area contributed by atoms with E-state index < -0.39 is 25.8 Å². The largest absolute Gasteiger partial charge is 0.477 e. The van der Waals surface area contributed by atoms with Gasteiger partial charge in [-0.3, -0.25) is 0 Å². The number of carboxylic acid groups (broad SMARTS) is 1. The Labute approximate surface area is 123 Å².